The van der Waals surface area contributed by atoms with Gasteiger partial charge in [-0.15, -0.1) is 0 Å². The van der Waals surface area contributed by atoms with Gasteiger partial charge in [0.05, 0.1) is 6.54 Å². The summed E-state index contributed by atoms with van der Waals surface area (Å²) in [6, 6.07) is 0. The highest BCUT2D eigenvalue weighted by atomic mass is 19.3. The van der Waals surface area contributed by atoms with Gasteiger partial charge in [-0.25, -0.2) is 8.78 Å². The molecule has 0 bridgehead atoms. The minimum absolute atomic E-state index is 0.722. The molecule has 0 aliphatic heterocycles. The van der Waals surface area contributed by atoms with Gasteiger partial charge in [0, 0.05) is 6.92 Å². The second-order valence-corrected chi connectivity index (χ2v) is 1.25. The molecule has 0 saturated heterocycles. The molecule has 6 heavy (non-hydrogen) atoms. The molecule has 0 unspecified atom stereocenters. The normalized spacial score (nSPS) is 12.0. The van der Waals surface area contributed by atoms with Crippen molar-refractivity contribution in [1.82, 2.24) is 5.73 Å². The molecule has 0 rings (SSSR count). The van der Waals surface area contributed by atoms with Crippen LogP contribution in [0, 0.1) is 0 Å². The standard InChI is InChI=1S/C3H6F2N/c1-3(4,5)2-6/h6H,2H2,1H3. The summed E-state index contributed by atoms with van der Waals surface area (Å²) in [6.07, 6.45) is 0. The zero-order valence-electron chi connectivity index (χ0n) is 3.46. The summed E-state index contributed by atoms with van der Waals surface area (Å²) in [6.45, 7) is -0.0903. The molecule has 0 atom stereocenters. The Kier molecular flexibility index (Phi) is 1.47. The zero-order chi connectivity index (χ0) is 5.21. The van der Waals surface area contributed by atoms with Gasteiger partial charge in [-0.1, -0.05) is 0 Å². The van der Waals surface area contributed by atoms with Crippen molar-refractivity contribution in [3.63, 3.8) is 0 Å². The molecule has 0 amide bonds. The third-order valence-electron chi connectivity index (χ3n) is 0.310. The van der Waals surface area contributed by atoms with Crippen LogP contribution in [0.3, 0.4) is 0 Å². The van der Waals surface area contributed by atoms with Crippen molar-refractivity contribution in [1.29, 1.82) is 0 Å². The van der Waals surface area contributed by atoms with Crippen LogP contribution in [0.4, 0.5) is 8.78 Å². The Hall–Kier alpha value is -0.180. The predicted molar refractivity (Wildman–Crippen MR) is 18.6 cm³/mol. The van der Waals surface area contributed by atoms with E-state index in [1.165, 1.54) is 0 Å². The van der Waals surface area contributed by atoms with E-state index in [1.807, 2.05) is 0 Å². The van der Waals surface area contributed by atoms with Crippen LogP contribution in [0.25, 0.3) is 0 Å². The van der Waals surface area contributed by atoms with Crippen molar-refractivity contribution >= 4 is 0 Å². The number of rotatable bonds is 1. The number of halogens is 2. The lowest BCUT2D eigenvalue weighted by molar-refractivity contribution is 0.0304. The van der Waals surface area contributed by atoms with E-state index in [9.17, 15) is 8.78 Å². The zero-order valence-corrected chi connectivity index (χ0v) is 3.46. The first-order valence-electron chi connectivity index (χ1n) is 1.59. The molecule has 1 nitrogen and oxygen atoms in total. The Morgan fingerprint density at radius 2 is 1.83 bits per heavy atom. The predicted octanol–water partition coefficient (Wildman–Crippen LogP) is 0.925. The smallest absolute Gasteiger partial charge is 0.252 e. The molecule has 0 aliphatic carbocycles. The lowest BCUT2D eigenvalue weighted by Crippen LogP contribution is -2.15. The van der Waals surface area contributed by atoms with Crippen molar-refractivity contribution < 1.29 is 8.78 Å². The Labute approximate surface area is 35.1 Å². The maximum atomic E-state index is 11.3. The molecular formula is C3H6F2N. The number of nitrogens with one attached hydrogen (secondary N) is 1. The molecule has 3 heteroatoms. The van der Waals surface area contributed by atoms with Crippen molar-refractivity contribution in [3.8, 4) is 0 Å². The van der Waals surface area contributed by atoms with E-state index in [-0.39, 0.29) is 0 Å². The fraction of sp³-hybridized carbons (Fsp3) is 1.00. The first-order chi connectivity index (χ1) is 2.56. The molecule has 0 aliphatic rings. The summed E-state index contributed by atoms with van der Waals surface area (Å²) in [7, 11) is 0. The van der Waals surface area contributed by atoms with Gasteiger partial charge in [0.2, 0.25) is 0 Å². The van der Waals surface area contributed by atoms with Crippen LogP contribution in [-0.4, -0.2) is 12.5 Å². The Bertz CT molecular complexity index is 38.5. The number of alkyl halides is 2. The number of hydrogen-bond donors (Lipinski definition) is 0. The fourth-order valence-corrected chi connectivity index (χ4v) is 0. The van der Waals surface area contributed by atoms with Crippen LogP contribution in [0.2, 0.25) is 0 Å². The maximum Gasteiger partial charge on any atom is 0.258 e. The number of hydrogen-bond acceptors (Lipinski definition) is 0. The first-order valence-corrected chi connectivity index (χ1v) is 1.59. The molecule has 0 heterocycles. The summed E-state index contributed by atoms with van der Waals surface area (Å²) in [5.74, 6) is -2.79. The second-order valence-electron chi connectivity index (χ2n) is 1.25. The van der Waals surface area contributed by atoms with E-state index in [0.717, 1.165) is 6.92 Å². The molecule has 0 saturated carbocycles. The van der Waals surface area contributed by atoms with Gasteiger partial charge in [-0.05, 0) is 0 Å². The maximum absolute atomic E-state index is 11.3. The van der Waals surface area contributed by atoms with E-state index < -0.39 is 12.5 Å². The van der Waals surface area contributed by atoms with Crippen LogP contribution < -0.4 is 5.73 Å². The average molecular weight is 94.1 g/mol. The van der Waals surface area contributed by atoms with E-state index >= 15 is 0 Å². The topological polar surface area (TPSA) is 23.8 Å². The lowest BCUT2D eigenvalue weighted by Gasteiger charge is -2.01. The van der Waals surface area contributed by atoms with Crippen LogP contribution in [0.5, 0.6) is 0 Å². The van der Waals surface area contributed by atoms with Gasteiger partial charge in [0.1, 0.15) is 0 Å². The molecule has 0 aromatic heterocycles. The van der Waals surface area contributed by atoms with Crippen molar-refractivity contribution in [2.75, 3.05) is 6.54 Å². The van der Waals surface area contributed by atoms with Crippen LogP contribution in [-0.2, 0) is 0 Å². The van der Waals surface area contributed by atoms with Gasteiger partial charge in [-0.3, -0.25) is 5.73 Å². The molecule has 0 fully saturated rings. The van der Waals surface area contributed by atoms with Gasteiger partial charge in [0.25, 0.3) is 5.92 Å². The molecule has 1 radical (unpaired) electrons. The molecule has 37 valence electrons. The summed E-state index contributed by atoms with van der Waals surface area (Å²) in [5, 5.41) is 0. The largest absolute Gasteiger partial charge is 0.258 e. The van der Waals surface area contributed by atoms with Crippen molar-refractivity contribution in [2.45, 2.75) is 12.8 Å². The highest BCUT2D eigenvalue weighted by Gasteiger charge is 2.16. The highest BCUT2D eigenvalue weighted by molar-refractivity contribution is 4.54. The Balaban J connectivity index is 3.17. The second kappa shape index (κ2) is 1.51. The average Bonchev–Trinajstić information content (AvgIpc) is 1.35. The summed E-state index contributed by atoms with van der Waals surface area (Å²) >= 11 is 0. The summed E-state index contributed by atoms with van der Waals surface area (Å²) < 4.78 is 22.5. The summed E-state index contributed by atoms with van der Waals surface area (Å²) in [5.41, 5.74) is 6.10. The fourth-order valence-electron chi connectivity index (χ4n) is 0. The van der Waals surface area contributed by atoms with Crippen molar-refractivity contribution in [3.05, 3.63) is 0 Å². The summed E-state index contributed by atoms with van der Waals surface area (Å²) in [4.78, 5) is 0. The van der Waals surface area contributed by atoms with E-state index in [2.05, 4.69) is 0 Å². The quantitative estimate of drug-likeness (QED) is 0.461. The van der Waals surface area contributed by atoms with E-state index in [1.54, 1.807) is 0 Å². The monoisotopic (exact) mass is 94.0 g/mol. The van der Waals surface area contributed by atoms with Gasteiger partial charge < -0.3 is 0 Å². The van der Waals surface area contributed by atoms with E-state index in [4.69, 9.17) is 5.73 Å². The third kappa shape index (κ3) is 3.82. The van der Waals surface area contributed by atoms with Crippen LogP contribution in [0.15, 0.2) is 0 Å². The molecular weight excluding hydrogens is 88.0 g/mol. The van der Waals surface area contributed by atoms with Gasteiger partial charge >= 0.3 is 0 Å². The lowest BCUT2D eigenvalue weighted by atomic mass is 10.4. The first kappa shape index (κ1) is 5.82. The Morgan fingerprint density at radius 1 is 1.67 bits per heavy atom. The minimum Gasteiger partial charge on any atom is -0.252 e. The van der Waals surface area contributed by atoms with Gasteiger partial charge in [-0.2, -0.15) is 0 Å². The van der Waals surface area contributed by atoms with Gasteiger partial charge in [0.15, 0.2) is 0 Å². The van der Waals surface area contributed by atoms with E-state index in [0.29, 0.717) is 0 Å². The third-order valence-corrected chi connectivity index (χ3v) is 0.310. The highest BCUT2D eigenvalue weighted by Crippen LogP contribution is 2.07. The molecule has 0 aromatic carbocycles. The van der Waals surface area contributed by atoms with Crippen molar-refractivity contribution in [2.24, 2.45) is 0 Å². The molecule has 0 aromatic rings. The van der Waals surface area contributed by atoms with Crippen LogP contribution in [0.1, 0.15) is 6.92 Å². The van der Waals surface area contributed by atoms with Crippen LogP contribution >= 0.6 is 0 Å². The SMILES string of the molecule is CC(F)(F)C[NH]. The Morgan fingerprint density at radius 3 is 1.83 bits per heavy atom. The molecule has 0 spiro atoms. The minimum atomic E-state index is -2.79. The molecule has 1 N–H and O–H groups in total.